The predicted molar refractivity (Wildman–Crippen MR) is 74.3 cm³/mol. The van der Waals surface area contributed by atoms with Gasteiger partial charge in [0, 0.05) is 20.2 Å². The van der Waals surface area contributed by atoms with Gasteiger partial charge in [-0.1, -0.05) is 13.3 Å². The van der Waals surface area contributed by atoms with Gasteiger partial charge in [-0.2, -0.15) is 0 Å². The van der Waals surface area contributed by atoms with Crippen molar-refractivity contribution in [2.45, 2.75) is 19.8 Å². The minimum absolute atomic E-state index is 0.0218. The first kappa shape index (κ1) is 18.3. The minimum Gasteiger partial charge on any atom is -0.379 e. The molecule has 0 saturated carbocycles. The number of carbonyl (C=O) groups is 1. The second-order valence-electron chi connectivity index (χ2n) is 4.04. The fourth-order valence-electron chi connectivity index (χ4n) is 1.22. The molecule has 1 amide bonds. The van der Waals surface area contributed by atoms with E-state index in [0.717, 1.165) is 19.4 Å². The maximum atomic E-state index is 10.9. The molecule has 6 heteroatoms. The Morgan fingerprint density at radius 1 is 0.947 bits per heavy atom. The fraction of sp³-hybridized carbons (Fsp3) is 0.923. The van der Waals surface area contributed by atoms with Crippen LogP contribution in [0, 0.1) is 0 Å². The van der Waals surface area contributed by atoms with Crippen molar-refractivity contribution >= 4 is 5.91 Å². The van der Waals surface area contributed by atoms with Crippen molar-refractivity contribution in [1.29, 1.82) is 0 Å². The molecule has 0 aromatic carbocycles. The smallest absolute Gasteiger partial charge is 0.233 e. The molecule has 0 rings (SSSR count). The highest BCUT2D eigenvalue weighted by Gasteiger charge is 1.95. The minimum atomic E-state index is -0.0218. The number of likely N-dealkylation sites (N-methyl/N-ethyl adjacent to an activating group) is 1. The van der Waals surface area contributed by atoms with Crippen LogP contribution in [-0.2, 0) is 19.0 Å². The predicted octanol–water partition coefficient (Wildman–Crippen LogP) is 0.172. The van der Waals surface area contributed by atoms with E-state index in [1.165, 1.54) is 0 Å². The van der Waals surface area contributed by atoms with Crippen LogP contribution in [0.2, 0.25) is 0 Å². The lowest BCUT2D eigenvalue weighted by molar-refractivity contribution is -0.119. The summed E-state index contributed by atoms with van der Waals surface area (Å²) in [5, 5.41) is 5.50. The third-order valence-electron chi connectivity index (χ3n) is 2.37. The molecular formula is C13H28N2O4. The quantitative estimate of drug-likeness (QED) is 0.443. The standard InChI is InChI=1S/C13H28N2O4/c1-3-4-6-17-8-10-19-11-9-18-7-5-15-12-13(16)14-2/h15H,3-12H2,1-2H3,(H,14,16). The molecule has 0 unspecified atom stereocenters. The number of amides is 1. The first-order chi connectivity index (χ1) is 9.31. The third-order valence-corrected chi connectivity index (χ3v) is 2.37. The summed E-state index contributed by atoms with van der Waals surface area (Å²) in [4.78, 5) is 10.9. The first-order valence-corrected chi connectivity index (χ1v) is 6.95. The van der Waals surface area contributed by atoms with E-state index < -0.39 is 0 Å². The van der Waals surface area contributed by atoms with Crippen LogP contribution in [-0.4, -0.2) is 65.7 Å². The van der Waals surface area contributed by atoms with Crippen LogP contribution in [0.3, 0.4) is 0 Å². The van der Waals surface area contributed by atoms with Crippen LogP contribution in [0.5, 0.6) is 0 Å². The zero-order valence-corrected chi connectivity index (χ0v) is 12.2. The second-order valence-corrected chi connectivity index (χ2v) is 4.04. The summed E-state index contributed by atoms with van der Waals surface area (Å²) in [6.07, 6.45) is 2.26. The van der Waals surface area contributed by atoms with Gasteiger partial charge >= 0.3 is 0 Å². The summed E-state index contributed by atoms with van der Waals surface area (Å²) in [5.74, 6) is -0.0218. The zero-order chi connectivity index (χ0) is 14.2. The van der Waals surface area contributed by atoms with Crippen LogP contribution < -0.4 is 10.6 Å². The average molecular weight is 276 g/mol. The molecule has 2 N–H and O–H groups in total. The number of hydrogen-bond acceptors (Lipinski definition) is 5. The van der Waals surface area contributed by atoms with Gasteiger partial charge in [-0.25, -0.2) is 0 Å². The van der Waals surface area contributed by atoms with E-state index in [4.69, 9.17) is 14.2 Å². The van der Waals surface area contributed by atoms with Gasteiger partial charge in [0.15, 0.2) is 0 Å². The lowest BCUT2D eigenvalue weighted by atomic mass is 10.4. The van der Waals surface area contributed by atoms with Crippen LogP contribution in [0.25, 0.3) is 0 Å². The largest absolute Gasteiger partial charge is 0.379 e. The molecular weight excluding hydrogens is 248 g/mol. The summed E-state index contributed by atoms with van der Waals surface area (Å²) in [6.45, 7) is 6.92. The van der Waals surface area contributed by atoms with E-state index in [1.54, 1.807) is 7.05 Å². The van der Waals surface area contributed by atoms with Gasteiger partial charge in [0.1, 0.15) is 0 Å². The van der Waals surface area contributed by atoms with Gasteiger partial charge in [0.2, 0.25) is 5.91 Å². The Morgan fingerprint density at radius 2 is 1.53 bits per heavy atom. The van der Waals surface area contributed by atoms with Gasteiger partial charge in [-0.05, 0) is 6.42 Å². The van der Waals surface area contributed by atoms with Gasteiger partial charge < -0.3 is 24.8 Å². The first-order valence-electron chi connectivity index (χ1n) is 6.95. The summed E-state index contributed by atoms with van der Waals surface area (Å²) in [6, 6.07) is 0. The molecule has 0 aromatic heterocycles. The molecule has 19 heavy (non-hydrogen) atoms. The SMILES string of the molecule is CCCCOCCOCCOCCNCC(=O)NC. The average Bonchev–Trinajstić information content (AvgIpc) is 2.43. The molecule has 0 heterocycles. The molecule has 0 radical (unpaired) electrons. The van der Waals surface area contributed by atoms with Crippen molar-refractivity contribution in [3.63, 3.8) is 0 Å². The van der Waals surface area contributed by atoms with Crippen LogP contribution in [0.1, 0.15) is 19.8 Å². The highest BCUT2D eigenvalue weighted by atomic mass is 16.5. The van der Waals surface area contributed by atoms with Crippen molar-refractivity contribution in [1.82, 2.24) is 10.6 Å². The van der Waals surface area contributed by atoms with Gasteiger partial charge in [-0.3, -0.25) is 4.79 Å². The fourth-order valence-corrected chi connectivity index (χ4v) is 1.22. The molecule has 0 spiro atoms. The normalized spacial score (nSPS) is 10.6. The Kier molecular flexibility index (Phi) is 14.8. The molecule has 0 aromatic rings. The van der Waals surface area contributed by atoms with Gasteiger partial charge in [0.25, 0.3) is 0 Å². The summed E-state index contributed by atoms with van der Waals surface area (Å²) in [7, 11) is 1.61. The maximum Gasteiger partial charge on any atom is 0.233 e. The number of rotatable bonds is 14. The van der Waals surface area contributed by atoms with Crippen molar-refractivity contribution < 1.29 is 19.0 Å². The van der Waals surface area contributed by atoms with E-state index in [9.17, 15) is 4.79 Å². The Hall–Kier alpha value is -0.690. The van der Waals surface area contributed by atoms with E-state index in [0.29, 0.717) is 46.1 Å². The van der Waals surface area contributed by atoms with Crippen LogP contribution in [0.4, 0.5) is 0 Å². The number of carbonyl (C=O) groups excluding carboxylic acids is 1. The molecule has 114 valence electrons. The molecule has 0 atom stereocenters. The molecule has 0 fully saturated rings. The molecule has 0 saturated heterocycles. The lowest BCUT2D eigenvalue weighted by Crippen LogP contribution is -2.33. The monoisotopic (exact) mass is 276 g/mol. The Labute approximate surface area is 116 Å². The zero-order valence-electron chi connectivity index (χ0n) is 12.2. The van der Waals surface area contributed by atoms with Crippen molar-refractivity contribution in [2.24, 2.45) is 0 Å². The van der Waals surface area contributed by atoms with E-state index >= 15 is 0 Å². The summed E-state index contributed by atoms with van der Waals surface area (Å²) in [5.41, 5.74) is 0. The Bertz CT molecular complexity index is 203. The van der Waals surface area contributed by atoms with Crippen LogP contribution in [0.15, 0.2) is 0 Å². The maximum absolute atomic E-state index is 10.9. The number of hydrogen-bond donors (Lipinski definition) is 2. The topological polar surface area (TPSA) is 68.8 Å². The van der Waals surface area contributed by atoms with E-state index in [1.807, 2.05) is 0 Å². The molecule has 0 aliphatic rings. The summed E-state index contributed by atoms with van der Waals surface area (Å²) < 4.78 is 16.0. The van der Waals surface area contributed by atoms with Crippen molar-refractivity contribution in [3.05, 3.63) is 0 Å². The Morgan fingerprint density at radius 3 is 2.11 bits per heavy atom. The van der Waals surface area contributed by atoms with Crippen molar-refractivity contribution in [3.8, 4) is 0 Å². The number of unbranched alkanes of at least 4 members (excludes halogenated alkanes) is 1. The molecule has 0 bridgehead atoms. The van der Waals surface area contributed by atoms with Crippen molar-refractivity contribution in [2.75, 3.05) is 59.8 Å². The highest BCUT2D eigenvalue weighted by molar-refractivity contribution is 5.77. The van der Waals surface area contributed by atoms with Crippen LogP contribution >= 0.6 is 0 Å². The highest BCUT2D eigenvalue weighted by Crippen LogP contribution is 1.87. The molecule has 6 nitrogen and oxygen atoms in total. The van der Waals surface area contributed by atoms with Gasteiger partial charge in [0.05, 0.1) is 39.6 Å². The van der Waals surface area contributed by atoms with Gasteiger partial charge in [-0.15, -0.1) is 0 Å². The second kappa shape index (κ2) is 15.4. The molecule has 0 aliphatic carbocycles. The number of ether oxygens (including phenoxy) is 3. The van der Waals surface area contributed by atoms with E-state index in [2.05, 4.69) is 17.6 Å². The number of nitrogens with one attached hydrogen (secondary N) is 2. The van der Waals surface area contributed by atoms with E-state index in [-0.39, 0.29) is 5.91 Å². The Balaban J connectivity index is 2.97. The lowest BCUT2D eigenvalue weighted by Gasteiger charge is -2.07. The molecule has 0 aliphatic heterocycles. The third kappa shape index (κ3) is 15.3. The summed E-state index contributed by atoms with van der Waals surface area (Å²) >= 11 is 0.